The van der Waals surface area contributed by atoms with E-state index in [1.807, 2.05) is 24.3 Å². The molecule has 6 aromatic carbocycles. The van der Waals surface area contributed by atoms with Crippen molar-refractivity contribution in [2.75, 3.05) is 0 Å². The molecule has 0 unspecified atom stereocenters. The van der Waals surface area contributed by atoms with Crippen LogP contribution in [-0.2, 0) is 0 Å². The summed E-state index contributed by atoms with van der Waals surface area (Å²) >= 11 is 0. The second kappa shape index (κ2) is 8.64. The lowest BCUT2D eigenvalue weighted by atomic mass is 10.0. The van der Waals surface area contributed by atoms with Gasteiger partial charge >= 0.3 is 0 Å². The molecular formula is C36H23N3. The van der Waals surface area contributed by atoms with Crippen molar-refractivity contribution in [1.29, 1.82) is 0 Å². The first-order valence-corrected chi connectivity index (χ1v) is 13.2. The fraction of sp³-hybridized carbons (Fsp3) is 0. The van der Waals surface area contributed by atoms with E-state index >= 15 is 0 Å². The first kappa shape index (κ1) is 21.8. The molecule has 0 bridgehead atoms. The third kappa shape index (κ3) is 3.44. The van der Waals surface area contributed by atoms with Gasteiger partial charge in [0, 0.05) is 33.0 Å². The fourth-order valence-corrected chi connectivity index (χ4v) is 5.77. The largest absolute Gasteiger partial charge is 0.309 e. The minimum Gasteiger partial charge on any atom is -0.309 e. The lowest BCUT2D eigenvalue weighted by molar-refractivity contribution is 1.19. The molecule has 182 valence electrons. The van der Waals surface area contributed by atoms with Crippen molar-refractivity contribution in [3.05, 3.63) is 140 Å². The molecule has 0 aliphatic carbocycles. The van der Waals surface area contributed by atoms with E-state index in [2.05, 4.69) is 120 Å². The molecule has 3 nitrogen and oxygen atoms in total. The molecule has 8 aromatic rings. The van der Waals surface area contributed by atoms with E-state index in [1.54, 1.807) is 0 Å². The Bertz CT molecular complexity index is 2110. The molecule has 0 N–H and O–H groups in total. The summed E-state index contributed by atoms with van der Waals surface area (Å²) in [5.74, 6) is 0. The molecule has 0 spiro atoms. The molecule has 3 heteroatoms. The summed E-state index contributed by atoms with van der Waals surface area (Å²) < 4.78 is 2.36. The van der Waals surface area contributed by atoms with Gasteiger partial charge in [-0.05, 0) is 35.7 Å². The number of rotatable bonds is 3. The smallest absolute Gasteiger partial charge is 0.0973 e. The third-order valence-corrected chi connectivity index (χ3v) is 7.57. The summed E-state index contributed by atoms with van der Waals surface area (Å²) in [4.78, 5) is 10.4. The second-order valence-electron chi connectivity index (χ2n) is 9.86. The quantitative estimate of drug-likeness (QED) is 0.228. The van der Waals surface area contributed by atoms with Crippen LogP contribution >= 0.6 is 0 Å². The van der Waals surface area contributed by atoms with E-state index in [-0.39, 0.29) is 0 Å². The van der Waals surface area contributed by atoms with Gasteiger partial charge in [-0.25, -0.2) is 9.97 Å². The summed E-state index contributed by atoms with van der Waals surface area (Å²) in [6, 6.07) is 48.8. The van der Waals surface area contributed by atoms with Crippen LogP contribution in [-0.4, -0.2) is 14.5 Å². The van der Waals surface area contributed by atoms with Gasteiger partial charge in [-0.3, -0.25) is 0 Å². The summed E-state index contributed by atoms with van der Waals surface area (Å²) in [6.07, 6.45) is 0. The van der Waals surface area contributed by atoms with E-state index in [0.717, 1.165) is 50.0 Å². The summed E-state index contributed by atoms with van der Waals surface area (Å²) in [7, 11) is 0. The number of fused-ring (bicyclic) bond motifs is 6. The first-order chi connectivity index (χ1) is 19.3. The number of para-hydroxylation sites is 2. The van der Waals surface area contributed by atoms with E-state index in [4.69, 9.17) is 9.97 Å². The molecule has 0 saturated carbocycles. The van der Waals surface area contributed by atoms with Gasteiger partial charge < -0.3 is 4.57 Å². The van der Waals surface area contributed by atoms with Crippen LogP contribution in [0.5, 0.6) is 0 Å². The summed E-state index contributed by atoms with van der Waals surface area (Å²) in [5.41, 5.74) is 9.28. The van der Waals surface area contributed by atoms with Crippen molar-refractivity contribution < 1.29 is 0 Å². The average molecular weight is 498 g/mol. The molecule has 0 fully saturated rings. The van der Waals surface area contributed by atoms with Crippen LogP contribution in [0, 0.1) is 0 Å². The lowest BCUT2D eigenvalue weighted by Gasteiger charge is -2.13. The SMILES string of the molecule is c1ccc(-c2nc3ccc4cc(-n5c6ccccc6c6ccccc65)ccc4c3nc2-c2ccccc2)cc1. The Kier molecular flexibility index (Phi) is 4.82. The Hall–Kier alpha value is -5.28. The molecule has 0 aliphatic rings. The highest BCUT2D eigenvalue weighted by atomic mass is 15.0. The number of benzene rings is 6. The highest BCUT2D eigenvalue weighted by Crippen LogP contribution is 2.36. The van der Waals surface area contributed by atoms with Gasteiger partial charge in [0.25, 0.3) is 0 Å². The van der Waals surface area contributed by atoms with Gasteiger partial charge in [-0.2, -0.15) is 0 Å². The third-order valence-electron chi connectivity index (χ3n) is 7.57. The molecular weight excluding hydrogens is 474 g/mol. The Balaban J connectivity index is 1.38. The van der Waals surface area contributed by atoms with Crippen molar-refractivity contribution in [2.24, 2.45) is 0 Å². The average Bonchev–Trinajstić information content (AvgIpc) is 3.35. The molecule has 0 amide bonds. The molecule has 8 rings (SSSR count). The normalized spacial score (nSPS) is 11.6. The maximum absolute atomic E-state index is 5.27. The zero-order valence-corrected chi connectivity index (χ0v) is 21.1. The van der Waals surface area contributed by atoms with E-state index < -0.39 is 0 Å². The second-order valence-corrected chi connectivity index (χ2v) is 9.86. The predicted octanol–water partition coefficient (Wildman–Crippen LogP) is 9.21. The summed E-state index contributed by atoms with van der Waals surface area (Å²) in [5, 5.41) is 4.76. The van der Waals surface area contributed by atoms with Crippen LogP contribution in [0.15, 0.2) is 140 Å². The van der Waals surface area contributed by atoms with Crippen molar-refractivity contribution in [2.45, 2.75) is 0 Å². The van der Waals surface area contributed by atoms with E-state index in [1.165, 1.54) is 21.8 Å². The monoisotopic (exact) mass is 497 g/mol. The highest BCUT2D eigenvalue weighted by molar-refractivity contribution is 6.10. The molecule has 0 radical (unpaired) electrons. The minimum atomic E-state index is 0.894. The van der Waals surface area contributed by atoms with Crippen LogP contribution in [0.3, 0.4) is 0 Å². The van der Waals surface area contributed by atoms with Gasteiger partial charge in [0.1, 0.15) is 0 Å². The topological polar surface area (TPSA) is 30.7 Å². The zero-order chi connectivity index (χ0) is 25.8. The predicted molar refractivity (Wildman–Crippen MR) is 162 cm³/mol. The molecule has 39 heavy (non-hydrogen) atoms. The summed E-state index contributed by atoms with van der Waals surface area (Å²) in [6.45, 7) is 0. The Morgan fingerprint density at radius 3 is 1.64 bits per heavy atom. The Morgan fingerprint density at radius 1 is 0.436 bits per heavy atom. The maximum atomic E-state index is 5.27. The molecule has 0 atom stereocenters. The van der Waals surface area contributed by atoms with Gasteiger partial charge in [0.2, 0.25) is 0 Å². The minimum absolute atomic E-state index is 0.894. The Labute approximate surface area is 225 Å². The van der Waals surface area contributed by atoms with Crippen LogP contribution in [0.4, 0.5) is 0 Å². The van der Waals surface area contributed by atoms with Gasteiger partial charge in [-0.15, -0.1) is 0 Å². The first-order valence-electron chi connectivity index (χ1n) is 13.2. The molecule has 0 saturated heterocycles. The maximum Gasteiger partial charge on any atom is 0.0973 e. The standard InChI is InChI=1S/C36H23N3/c1-3-11-24(12-4-1)34-35(25-13-5-2-6-14-25)38-36-28-21-20-27(23-26(28)19-22-31(36)37-34)39-32-17-9-7-15-29(32)30-16-8-10-18-33(30)39/h1-23H. The van der Waals surface area contributed by atoms with Gasteiger partial charge in [0.05, 0.1) is 33.5 Å². The lowest BCUT2D eigenvalue weighted by Crippen LogP contribution is -1.97. The number of hydrogen-bond acceptors (Lipinski definition) is 2. The van der Waals surface area contributed by atoms with Crippen molar-refractivity contribution >= 4 is 43.6 Å². The Morgan fingerprint density at radius 2 is 1.00 bits per heavy atom. The number of hydrogen-bond donors (Lipinski definition) is 0. The molecule has 0 aliphatic heterocycles. The van der Waals surface area contributed by atoms with E-state index in [0.29, 0.717) is 0 Å². The van der Waals surface area contributed by atoms with Crippen LogP contribution in [0.2, 0.25) is 0 Å². The van der Waals surface area contributed by atoms with Gasteiger partial charge in [0.15, 0.2) is 0 Å². The molecule has 2 heterocycles. The van der Waals surface area contributed by atoms with Crippen LogP contribution in [0.25, 0.3) is 71.8 Å². The fourth-order valence-electron chi connectivity index (χ4n) is 5.77. The number of aromatic nitrogens is 3. The van der Waals surface area contributed by atoms with Crippen molar-refractivity contribution in [3.8, 4) is 28.2 Å². The van der Waals surface area contributed by atoms with Crippen LogP contribution < -0.4 is 0 Å². The highest BCUT2D eigenvalue weighted by Gasteiger charge is 2.16. The van der Waals surface area contributed by atoms with Crippen molar-refractivity contribution in [1.82, 2.24) is 14.5 Å². The number of nitrogens with zero attached hydrogens (tertiary/aromatic N) is 3. The van der Waals surface area contributed by atoms with E-state index in [9.17, 15) is 0 Å². The zero-order valence-electron chi connectivity index (χ0n) is 21.1. The molecule has 2 aromatic heterocycles. The van der Waals surface area contributed by atoms with Crippen LogP contribution in [0.1, 0.15) is 0 Å². The van der Waals surface area contributed by atoms with Crippen molar-refractivity contribution in [3.63, 3.8) is 0 Å². The van der Waals surface area contributed by atoms with Gasteiger partial charge in [-0.1, -0.05) is 109 Å².